The Morgan fingerprint density at radius 1 is 1.50 bits per heavy atom. The summed E-state index contributed by atoms with van der Waals surface area (Å²) >= 11 is 0. The molecular formula is C12H17FN4O. The van der Waals surface area contributed by atoms with Gasteiger partial charge in [-0.2, -0.15) is 0 Å². The van der Waals surface area contributed by atoms with E-state index >= 15 is 0 Å². The summed E-state index contributed by atoms with van der Waals surface area (Å²) in [6, 6.07) is 1.32. The van der Waals surface area contributed by atoms with Gasteiger partial charge >= 0.3 is 0 Å². The number of carbonyl (C=O) groups is 1. The van der Waals surface area contributed by atoms with Gasteiger partial charge in [0, 0.05) is 37.9 Å². The molecule has 0 bridgehead atoms. The van der Waals surface area contributed by atoms with E-state index in [9.17, 15) is 9.18 Å². The summed E-state index contributed by atoms with van der Waals surface area (Å²) in [7, 11) is 0. The highest BCUT2D eigenvalue weighted by molar-refractivity contribution is 5.85. The number of hydrogen-bond acceptors (Lipinski definition) is 4. The number of halogens is 1. The van der Waals surface area contributed by atoms with Crippen LogP contribution in [0.5, 0.6) is 0 Å². The van der Waals surface area contributed by atoms with E-state index < -0.39 is 17.3 Å². The lowest BCUT2D eigenvalue weighted by Gasteiger charge is -2.41. The smallest absolute Gasteiger partial charge is 0.242 e. The lowest BCUT2D eigenvalue weighted by Crippen LogP contribution is -2.58. The van der Waals surface area contributed by atoms with Crippen molar-refractivity contribution in [3.8, 4) is 0 Å². The predicted octanol–water partition coefficient (Wildman–Crippen LogP) is -0.174. The second-order valence-electron chi connectivity index (χ2n) is 4.57. The van der Waals surface area contributed by atoms with Crippen LogP contribution in [0.3, 0.4) is 0 Å². The molecular weight excluding hydrogens is 235 g/mol. The van der Waals surface area contributed by atoms with Crippen LogP contribution in [0.15, 0.2) is 18.5 Å². The maximum absolute atomic E-state index is 13.3. The third-order valence-corrected chi connectivity index (χ3v) is 3.50. The highest BCUT2D eigenvalue weighted by atomic mass is 19.1. The van der Waals surface area contributed by atoms with Gasteiger partial charge in [0.1, 0.15) is 11.4 Å². The zero-order chi connectivity index (χ0) is 13.2. The van der Waals surface area contributed by atoms with Crippen LogP contribution in [-0.4, -0.2) is 42.0 Å². The Balaban J connectivity index is 2.39. The van der Waals surface area contributed by atoms with E-state index in [-0.39, 0.29) is 0 Å². The number of hydrogen-bond donors (Lipinski definition) is 2. The highest BCUT2D eigenvalue weighted by Gasteiger charge is 2.40. The summed E-state index contributed by atoms with van der Waals surface area (Å²) < 4.78 is 13.3. The first-order valence-corrected chi connectivity index (χ1v) is 5.92. The monoisotopic (exact) mass is 252 g/mol. The number of nitrogens with zero attached hydrogens (tertiary/aromatic N) is 2. The minimum atomic E-state index is -1.02. The molecule has 0 saturated carbocycles. The first-order chi connectivity index (χ1) is 8.55. The van der Waals surface area contributed by atoms with Gasteiger partial charge < -0.3 is 11.1 Å². The summed E-state index contributed by atoms with van der Waals surface area (Å²) in [5, 5.41) is 3.21. The average Bonchev–Trinajstić information content (AvgIpc) is 2.38. The van der Waals surface area contributed by atoms with Gasteiger partial charge in [-0.15, -0.1) is 0 Å². The molecule has 1 saturated heterocycles. The lowest BCUT2D eigenvalue weighted by atomic mass is 9.89. The van der Waals surface area contributed by atoms with Crippen molar-refractivity contribution in [2.45, 2.75) is 12.5 Å². The van der Waals surface area contributed by atoms with Crippen molar-refractivity contribution in [3.05, 3.63) is 29.8 Å². The molecule has 1 atom stereocenters. The molecule has 18 heavy (non-hydrogen) atoms. The predicted molar refractivity (Wildman–Crippen MR) is 65.2 cm³/mol. The fraction of sp³-hybridized carbons (Fsp3) is 0.500. The molecule has 1 aromatic rings. The van der Waals surface area contributed by atoms with E-state index in [1.165, 1.54) is 12.3 Å². The van der Waals surface area contributed by atoms with E-state index in [0.717, 1.165) is 19.3 Å². The molecule has 1 aliphatic rings. The van der Waals surface area contributed by atoms with E-state index in [1.54, 1.807) is 6.92 Å². The van der Waals surface area contributed by atoms with Gasteiger partial charge in [-0.3, -0.25) is 14.7 Å². The Bertz CT molecular complexity index is 447. The van der Waals surface area contributed by atoms with Crippen LogP contribution in [0.25, 0.3) is 0 Å². The molecule has 0 aromatic carbocycles. The first kappa shape index (κ1) is 12.9. The summed E-state index contributed by atoms with van der Waals surface area (Å²) in [6.07, 6.45) is 2.61. The molecule has 0 radical (unpaired) electrons. The summed E-state index contributed by atoms with van der Waals surface area (Å²) in [5.74, 6) is -0.952. The molecule has 6 heteroatoms. The molecule has 98 valence electrons. The van der Waals surface area contributed by atoms with Crippen LogP contribution in [0.2, 0.25) is 0 Å². The number of aromatic nitrogens is 1. The molecule has 1 amide bonds. The van der Waals surface area contributed by atoms with E-state index in [4.69, 9.17) is 5.73 Å². The average molecular weight is 252 g/mol. The van der Waals surface area contributed by atoms with E-state index in [0.29, 0.717) is 18.7 Å². The zero-order valence-corrected chi connectivity index (χ0v) is 10.3. The number of piperazine rings is 1. The fourth-order valence-corrected chi connectivity index (χ4v) is 2.27. The second-order valence-corrected chi connectivity index (χ2v) is 4.57. The van der Waals surface area contributed by atoms with Crippen molar-refractivity contribution in [1.82, 2.24) is 15.2 Å². The van der Waals surface area contributed by atoms with Crippen LogP contribution in [0, 0.1) is 5.82 Å². The molecule has 5 nitrogen and oxygen atoms in total. The molecule has 1 fully saturated rings. The number of primary amides is 1. The third-order valence-electron chi connectivity index (χ3n) is 3.50. The van der Waals surface area contributed by atoms with E-state index in [1.807, 2.05) is 4.90 Å². The number of nitrogens with one attached hydrogen (secondary N) is 1. The third kappa shape index (κ3) is 2.21. The maximum Gasteiger partial charge on any atom is 0.242 e. The van der Waals surface area contributed by atoms with Crippen molar-refractivity contribution in [2.75, 3.05) is 26.2 Å². The molecule has 2 heterocycles. The van der Waals surface area contributed by atoms with Crippen molar-refractivity contribution >= 4 is 5.91 Å². The maximum atomic E-state index is 13.3. The van der Waals surface area contributed by atoms with Crippen LogP contribution in [-0.2, 0) is 10.3 Å². The largest absolute Gasteiger partial charge is 0.368 e. The van der Waals surface area contributed by atoms with Gasteiger partial charge in [-0.05, 0) is 13.0 Å². The molecule has 0 aliphatic carbocycles. The minimum Gasteiger partial charge on any atom is -0.368 e. The molecule has 1 aromatic heterocycles. The number of rotatable bonds is 3. The molecule has 1 aliphatic heterocycles. The summed E-state index contributed by atoms with van der Waals surface area (Å²) in [4.78, 5) is 17.6. The van der Waals surface area contributed by atoms with Gasteiger partial charge in [0.05, 0.1) is 6.20 Å². The van der Waals surface area contributed by atoms with Gasteiger partial charge in [0.2, 0.25) is 5.91 Å². The quantitative estimate of drug-likeness (QED) is 0.783. The summed E-state index contributed by atoms with van der Waals surface area (Å²) in [5.41, 5.74) is 5.01. The molecule has 0 spiro atoms. The van der Waals surface area contributed by atoms with Crippen molar-refractivity contribution in [3.63, 3.8) is 0 Å². The molecule has 3 N–H and O–H groups in total. The topological polar surface area (TPSA) is 71.2 Å². The van der Waals surface area contributed by atoms with Crippen molar-refractivity contribution in [2.24, 2.45) is 5.73 Å². The molecule has 2 rings (SSSR count). The van der Waals surface area contributed by atoms with Crippen molar-refractivity contribution < 1.29 is 9.18 Å². The highest BCUT2D eigenvalue weighted by Crippen LogP contribution is 2.28. The van der Waals surface area contributed by atoms with Gasteiger partial charge in [-0.1, -0.05) is 0 Å². The first-order valence-electron chi connectivity index (χ1n) is 5.92. The second kappa shape index (κ2) is 4.99. The Morgan fingerprint density at radius 2 is 2.17 bits per heavy atom. The standard InChI is InChI=1S/C12H17FN4O/c1-12(11(14)18,17-4-2-15-3-5-17)9-6-10(13)8-16-7-9/h6-8,15H,2-5H2,1H3,(H2,14,18). The Kier molecular flexibility index (Phi) is 3.58. The van der Waals surface area contributed by atoms with Gasteiger partial charge in [-0.25, -0.2) is 4.39 Å². The van der Waals surface area contributed by atoms with Crippen LogP contribution in [0.4, 0.5) is 4.39 Å². The lowest BCUT2D eigenvalue weighted by molar-refractivity contribution is -0.130. The van der Waals surface area contributed by atoms with Crippen molar-refractivity contribution in [1.29, 1.82) is 0 Å². The van der Waals surface area contributed by atoms with Crippen LogP contribution < -0.4 is 11.1 Å². The minimum absolute atomic E-state index is 0.463. The molecule has 1 unspecified atom stereocenters. The Hall–Kier alpha value is -1.53. The number of carbonyl (C=O) groups excluding carboxylic acids is 1. The normalized spacial score (nSPS) is 20.3. The number of pyridine rings is 1. The number of nitrogens with two attached hydrogens (primary N) is 1. The zero-order valence-electron chi connectivity index (χ0n) is 10.3. The number of amides is 1. The SMILES string of the molecule is CC(C(N)=O)(c1cncc(F)c1)N1CCNCC1. The summed E-state index contributed by atoms with van der Waals surface area (Å²) in [6.45, 7) is 4.67. The van der Waals surface area contributed by atoms with E-state index in [2.05, 4.69) is 10.3 Å². The Labute approximate surface area is 105 Å². The van der Waals surface area contributed by atoms with Gasteiger partial charge in [0.25, 0.3) is 0 Å². The Morgan fingerprint density at radius 3 is 2.72 bits per heavy atom. The van der Waals surface area contributed by atoms with Crippen LogP contribution >= 0.6 is 0 Å². The fourth-order valence-electron chi connectivity index (χ4n) is 2.27. The van der Waals surface area contributed by atoms with Crippen LogP contribution in [0.1, 0.15) is 12.5 Å². The van der Waals surface area contributed by atoms with Gasteiger partial charge in [0.15, 0.2) is 0 Å².